The highest BCUT2D eigenvalue weighted by atomic mass is 32.2. The van der Waals surface area contributed by atoms with Gasteiger partial charge in [-0.25, -0.2) is 8.42 Å². The molecule has 21 heavy (non-hydrogen) atoms. The van der Waals surface area contributed by atoms with Crippen LogP contribution in [0.25, 0.3) is 0 Å². The molecule has 0 aliphatic carbocycles. The van der Waals surface area contributed by atoms with Gasteiger partial charge >= 0.3 is 0 Å². The van der Waals surface area contributed by atoms with Crippen LogP contribution in [-0.4, -0.2) is 13.4 Å². The number of nitrogens with one attached hydrogen (secondary N) is 1. The number of aryl methyl sites for hydroxylation is 1. The van der Waals surface area contributed by atoms with Crippen molar-refractivity contribution in [1.82, 2.24) is 0 Å². The van der Waals surface area contributed by atoms with E-state index in [-0.39, 0.29) is 5.75 Å². The Hall–Kier alpha value is -1.92. The zero-order valence-electron chi connectivity index (χ0n) is 11.5. The normalized spacial score (nSPS) is 11.1. The summed E-state index contributed by atoms with van der Waals surface area (Å²) in [5.74, 6) is -0.0987. The molecule has 110 valence electrons. The Kier molecular flexibility index (Phi) is 4.59. The molecule has 0 aliphatic rings. The number of benzene rings is 2. The Morgan fingerprint density at radius 1 is 1.19 bits per heavy atom. The Bertz CT molecular complexity index is 753. The van der Waals surface area contributed by atoms with Crippen molar-refractivity contribution in [2.24, 2.45) is 5.73 Å². The molecule has 3 N–H and O–H groups in total. The van der Waals surface area contributed by atoms with Crippen LogP contribution < -0.4 is 10.5 Å². The first-order valence-electron chi connectivity index (χ1n) is 6.32. The summed E-state index contributed by atoms with van der Waals surface area (Å²) < 4.78 is 26.8. The zero-order valence-corrected chi connectivity index (χ0v) is 13.2. The van der Waals surface area contributed by atoms with Gasteiger partial charge in [0.2, 0.25) is 10.0 Å². The molecule has 2 rings (SSSR count). The van der Waals surface area contributed by atoms with Crippen LogP contribution in [0.2, 0.25) is 0 Å². The van der Waals surface area contributed by atoms with Crippen LogP contribution in [0.5, 0.6) is 0 Å². The molecule has 0 atom stereocenters. The Labute approximate surface area is 130 Å². The van der Waals surface area contributed by atoms with Crippen molar-refractivity contribution in [2.45, 2.75) is 12.7 Å². The molecule has 2 aromatic rings. The Morgan fingerprint density at radius 3 is 2.43 bits per heavy atom. The molecule has 4 nitrogen and oxygen atoms in total. The van der Waals surface area contributed by atoms with Crippen molar-refractivity contribution in [3.63, 3.8) is 0 Å². The highest BCUT2D eigenvalue weighted by Crippen LogP contribution is 2.14. The smallest absolute Gasteiger partial charge is 0.236 e. The van der Waals surface area contributed by atoms with Gasteiger partial charge in [-0.3, -0.25) is 4.72 Å². The summed E-state index contributed by atoms with van der Waals surface area (Å²) in [6, 6.07) is 14.1. The molecule has 0 amide bonds. The summed E-state index contributed by atoms with van der Waals surface area (Å²) in [5.41, 5.74) is 8.47. The molecule has 0 saturated heterocycles. The lowest BCUT2D eigenvalue weighted by Crippen LogP contribution is -2.15. The highest BCUT2D eigenvalue weighted by molar-refractivity contribution is 7.91. The fraction of sp³-hybridized carbons (Fsp3) is 0.133. The van der Waals surface area contributed by atoms with Gasteiger partial charge in [-0.1, -0.05) is 48.6 Å². The molecular formula is C15H16N2O2S2. The number of hydrogen-bond donors (Lipinski definition) is 2. The van der Waals surface area contributed by atoms with E-state index in [2.05, 4.69) is 4.72 Å². The SMILES string of the molecule is Cc1cccc(NS(=O)(=O)Cc2ccc(C(N)=S)cc2)c1. The molecule has 0 aliphatic heterocycles. The molecule has 0 spiro atoms. The van der Waals surface area contributed by atoms with Gasteiger partial charge in [-0.2, -0.15) is 0 Å². The van der Waals surface area contributed by atoms with E-state index in [4.69, 9.17) is 18.0 Å². The van der Waals surface area contributed by atoms with E-state index in [1.54, 1.807) is 36.4 Å². The van der Waals surface area contributed by atoms with E-state index < -0.39 is 10.0 Å². The highest BCUT2D eigenvalue weighted by Gasteiger charge is 2.12. The quantitative estimate of drug-likeness (QED) is 0.831. The van der Waals surface area contributed by atoms with Crippen LogP contribution in [0.4, 0.5) is 5.69 Å². The van der Waals surface area contributed by atoms with Gasteiger partial charge in [0.1, 0.15) is 4.99 Å². The van der Waals surface area contributed by atoms with Crippen LogP contribution >= 0.6 is 12.2 Å². The molecule has 0 heterocycles. The van der Waals surface area contributed by atoms with Gasteiger partial charge in [0.05, 0.1) is 5.75 Å². The first-order chi connectivity index (χ1) is 9.85. The lowest BCUT2D eigenvalue weighted by molar-refractivity contribution is 0.600. The Balaban J connectivity index is 2.12. The molecule has 2 aromatic carbocycles. The predicted molar refractivity (Wildman–Crippen MR) is 89.8 cm³/mol. The maximum Gasteiger partial charge on any atom is 0.236 e. The van der Waals surface area contributed by atoms with Gasteiger partial charge in [-0.05, 0) is 30.2 Å². The lowest BCUT2D eigenvalue weighted by Gasteiger charge is -2.09. The van der Waals surface area contributed by atoms with Crippen molar-refractivity contribution in [1.29, 1.82) is 0 Å². The van der Waals surface area contributed by atoms with Crippen molar-refractivity contribution in [3.05, 3.63) is 65.2 Å². The third-order valence-electron chi connectivity index (χ3n) is 2.89. The number of thiocarbonyl (C=S) groups is 1. The molecular weight excluding hydrogens is 304 g/mol. The predicted octanol–water partition coefficient (Wildman–Crippen LogP) is 2.57. The third kappa shape index (κ3) is 4.54. The van der Waals surface area contributed by atoms with E-state index in [1.165, 1.54) is 0 Å². The topological polar surface area (TPSA) is 72.2 Å². The van der Waals surface area contributed by atoms with Crippen LogP contribution in [0.1, 0.15) is 16.7 Å². The van der Waals surface area contributed by atoms with Crippen LogP contribution in [-0.2, 0) is 15.8 Å². The van der Waals surface area contributed by atoms with E-state index in [1.807, 2.05) is 19.1 Å². The molecule has 0 unspecified atom stereocenters. The minimum Gasteiger partial charge on any atom is -0.389 e. The summed E-state index contributed by atoms with van der Waals surface area (Å²) >= 11 is 4.86. The van der Waals surface area contributed by atoms with Crippen molar-refractivity contribution < 1.29 is 8.42 Å². The van der Waals surface area contributed by atoms with E-state index >= 15 is 0 Å². The van der Waals surface area contributed by atoms with E-state index in [0.717, 1.165) is 11.1 Å². The van der Waals surface area contributed by atoms with Crippen LogP contribution in [0, 0.1) is 6.92 Å². The second kappa shape index (κ2) is 6.24. The fourth-order valence-corrected chi connectivity index (χ4v) is 3.23. The molecule has 0 saturated carbocycles. The van der Waals surface area contributed by atoms with Gasteiger partial charge in [-0.15, -0.1) is 0 Å². The van der Waals surface area contributed by atoms with Crippen molar-refractivity contribution >= 4 is 32.9 Å². The number of rotatable bonds is 5. The van der Waals surface area contributed by atoms with Crippen molar-refractivity contribution in [2.75, 3.05) is 4.72 Å². The molecule has 0 fully saturated rings. The van der Waals surface area contributed by atoms with Crippen LogP contribution in [0.3, 0.4) is 0 Å². The molecule has 0 aromatic heterocycles. The standard InChI is InChI=1S/C15H16N2O2S2/c1-11-3-2-4-14(9-11)17-21(18,19)10-12-5-7-13(8-6-12)15(16)20/h2-9,17H,10H2,1H3,(H2,16,20). The zero-order chi connectivity index (χ0) is 15.5. The maximum atomic E-state index is 12.1. The molecule has 0 radical (unpaired) electrons. The number of anilines is 1. The summed E-state index contributed by atoms with van der Waals surface area (Å²) in [7, 11) is -3.45. The third-order valence-corrected chi connectivity index (χ3v) is 4.38. The van der Waals surface area contributed by atoms with E-state index in [0.29, 0.717) is 16.2 Å². The summed E-state index contributed by atoms with van der Waals surface area (Å²) in [6.07, 6.45) is 0. The first-order valence-corrected chi connectivity index (χ1v) is 8.38. The van der Waals surface area contributed by atoms with E-state index in [9.17, 15) is 8.42 Å². The monoisotopic (exact) mass is 320 g/mol. The summed E-state index contributed by atoms with van der Waals surface area (Å²) in [6.45, 7) is 1.91. The number of hydrogen-bond acceptors (Lipinski definition) is 3. The lowest BCUT2D eigenvalue weighted by atomic mass is 10.1. The average Bonchev–Trinajstić information content (AvgIpc) is 2.38. The maximum absolute atomic E-state index is 12.1. The first kappa shape index (κ1) is 15.5. The minimum atomic E-state index is -3.45. The number of sulfonamides is 1. The van der Waals surface area contributed by atoms with Crippen molar-refractivity contribution in [3.8, 4) is 0 Å². The summed E-state index contributed by atoms with van der Waals surface area (Å²) in [5, 5.41) is 0. The second-order valence-electron chi connectivity index (χ2n) is 4.79. The average molecular weight is 320 g/mol. The fourth-order valence-electron chi connectivity index (χ4n) is 1.91. The molecule has 6 heteroatoms. The largest absolute Gasteiger partial charge is 0.389 e. The van der Waals surface area contributed by atoms with Gasteiger partial charge in [0.15, 0.2) is 0 Å². The number of nitrogens with two attached hydrogens (primary N) is 1. The Morgan fingerprint density at radius 2 is 1.86 bits per heavy atom. The van der Waals surface area contributed by atoms with Crippen LogP contribution in [0.15, 0.2) is 48.5 Å². The van der Waals surface area contributed by atoms with Gasteiger partial charge in [0.25, 0.3) is 0 Å². The van der Waals surface area contributed by atoms with Gasteiger partial charge < -0.3 is 5.73 Å². The minimum absolute atomic E-state index is 0.0987. The molecule has 0 bridgehead atoms. The second-order valence-corrected chi connectivity index (χ2v) is 6.95. The van der Waals surface area contributed by atoms with Gasteiger partial charge in [0, 0.05) is 11.3 Å². The summed E-state index contributed by atoms with van der Waals surface area (Å²) in [4.78, 5) is 0.294.